The Balaban J connectivity index is 2.25. The Bertz CT molecular complexity index is 711. The van der Waals surface area contributed by atoms with Crippen molar-refractivity contribution in [2.24, 2.45) is 0 Å². The third-order valence-corrected chi connectivity index (χ3v) is 3.91. The quantitative estimate of drug-likeness (QED) is 0.856. The minimum atomic E-state index is -0.231. The smallest absolute Gasteiger partial charge is 0.256 e. The van der Waals surface area contributed by atoms with Crippen LogP contribution in [0.4, 0.5) is 5.69 Å². The fourth-order valence-corrected chi connectivity index (χ4v) is 2.95. The van der Waals surface area contributed by atoms with E-state index in [0.29, 0.717) is 22.3 Å². The number of aryl methyl sites for hydroxylation is 1. The van der Waals surface area contributed by atoms with Crippen molar-refractivity contribution < 1.29 is 4.79 Å². The van der Waals surface area contributed by atoms with Crippen LogP contribution in [-0.4, -0.2) is 10.5 Å². The van der Waals surface area contributed by atoms with E-state index in [1.54, 1.807) is 24.4 Å². The zero-order valence-electron chi connectivity index (χ0n) is 10.7. The Labute approximate surface area is 133 Å². The standard InChI is InChI=1S/C14H12Br2N2O2/c1-2-18-8-10(4-6-13(18)19)17-14(20)11-5-3-9(15)7-12(11)16/h3-8H,2H2,1H3,(H,17,20). The first kappa shape index (κ1) is 15.0. The highest BCUT2D eigenvalue weighted by atomic mass is 79.9. The normalized spacial score (nSPS) is 10.3. The number of hydrogen-bond donors (Lipinski definition) is 1. The number of nitrogens with one attached hydrogen (secondary N) is 1. The number of hydrogen-bond acceptors (Lipinski definition) is 2. The molecule has 2 rings (SSSR count). The summed E-state index contributed by atoms with van der Waals surface area (Å²) in [5.74, 6) is -0.231. The lowest BCUT2D eigenvalue weighted by atomic mass is 10.2. The van der Waals surface area contributed by atoms with Gasteiger partial charge < -0.3 is 9.88 Å². The molecule has 0 aliphatic rings. The molecule has 2 aromatic rings. The maximum atomic E-state index is 12.2. The lowest BCUT2D eigenvalue weighted by Gasteiger charge is -2.09. The Hall–Kier alpha value is -1.40. The molecule has 0 aliphatic heterocycles. The van der Waals surface area contributed by atoms with Gasteiger partial charge in [-0.2, -0.15) is 0 Å². The molecule has 20 heavy (non-hydrogen) atoms. The zero-order valence-corrected chi connectivity index (χ0v) is 13.9. The Morgan fingerprint density at radius 1 is 1.25 bits per heavy atom. The fourth-order valence-electron chi connectivity index (χ4n) is 1.72. The minimum absolute atomic E-state index is 0.0877. The number of carbonyl (C=O) groups excluding carboxylic acids is 1. The third kappa shape index (κ3) is 3.37. The first-order valence-electron chi connectivity index (χ1n) is 5.98. The van der Waals surface area contributed by atoms with Gasteiger partial charge in [0.05, 0.1) is 11.3 Å². The molecular formula is C14H12Br2N2O2. The number of halogens is 2. The van der Waals surface area contributed by atoms with E-state index in [4.69, 9.17) is 0 Å². The van der Waals surface area contributed by atoms with Crippen molar-refractivity contribution in [1.29, 1.82) is 0 Å². The van der Waals surface area contributed by atoms with E-state index in [1.807, 2.05) is 13.0 Å². The number of anilines is 1. The van der Waals surface area contributed by atoms with Gasteiger partial charge in [0, 0.05) is 27.8 Å². The second-order valence-electron chi connectivity index (χ2n) is 4.12. The summed E-state index contributed by atoms with van der Waals surface area (Å²) in [6.07, 6.45) is 1.63. The average Bonchev–Trinajstić information content (AvgIpc) is 2.40. The maximum Gasteiger partial charge on any atom is 0.256 e. The molecule has 6 heteroatoms. The van der Waals surface area contributed by atoms with Crippen molar-refractivity contribution in [2.45, 2.75) is 13.5 Å². The molecule has 1 heterocycles. The van der Waals surface area contributed by atoms with E-state index in [-0.39, 0.29) is 11.5 Å². The van der Waals surface area contributed by atoms with E-state index >= 15 is 0 Å². The van der Waals surface area contributed by atoms with Gasteiger partial charge in [-0.05, 0) is 47.1 Å². The topological polar surface area (TPSA) is 51.1 Å². The molecule has 1 aromatic heterocycles. The maximum absolute atomic E-state index is 12.2. The van der Waals surface area contributed by atoms with Crippen LogP contribution < -0.4 is 10.9 Å². The van der Waals surface area contributed by atoms with E-state index in [0.717, 1.165) is 4.47 Å². The van der Waals surface area contributed by atoms with Gasteiger partial charge in [-0.25, -0.2) is 0 Å². The number of aromatic nitrogens is 1. The lowest BCUT2D eigenvalue weighted by Crippen LogP contribution is -2.20. The van der Waals surface area contributed by atoms with Crippen LogP contribution in [0.1, 0.15) is 17.3 Å². The SMILES string of the molecule is CCn1cc(NC(=O)c2ccc(Br)cc2Br)ccc1=O. The van der Waals surface area contributed by atoms with Gasteiger partial charge in [-0.15, -0.1) is 0 Å². The van der Waals surface area contributed by atoms with Gasteiger partial charge in [0.25, 0.3) is 11.5 Å². The van der Waals surface area contributed by atoms with E-state index < -0.39 is 0 Å². The molecule has 1 N–H and O–H groups in total. The molecule has 0 saturated heterocycles. The fraction of sp³-hybridized carbons (Fsp3) is 0.143. The van der Waals surface area contributed by atoms with Crippen LogP contribution in [0.2, 0.25) is 0 Å². The summed E-state index contributed by atoms with van der Waals surface area (Å²) in [7, 11) is 0. The lowest BCUT2D eigenvalue weighted by molar-refractivity contribution is 0.102. The number of carbonyl (C=O) groups is 1. The highest BCUT2D eigenvalue weighted by Crippen LogP contribution is 2.22. The predicted octanol–water partition coefficient (Wildman–Crippen LogP) is 3.65. The summed E-state index contributed by atoms with van der Waals surface area (Å²) in [6, 6.07) is 8.36. The predicted molar refractivity (Wildman–Crippen MR) is 86.2 cm³/mol. The molecule has 1 aromatic carbocycles. The number of nitrogens with zero attached hydrogens (tertiary/aromatic N) is 1. The molecule has 0 unspecified atom stereocenters. The molecule has 0 fully saturated rings. The van der Waals surface area contributed by atoms with Crippen LogP contribution in [0.3, 0.4) is 0 Å². The highest BCUT2D eigenvalue weighted by molar-refractivity contribution is 9.11. The zero-order chi connectivity index (χ0) is 14.7. The number of benzene rings is 1. The summed E-state index contributed by atoms with van der Waals surface area (Å²) in [5.41, 5.74) is 1.03. The molecule has 4 nitrogen and oxygen atoms in total. The average molecular weight is 400 g/mol. The van der Waals surface area contributed by atoms with Crippen molar-refractivity contribution in [1.82, 2.24) is 4.57 Å². The molecule has 0 spiro atoms. The van der Waals surface area contributed by atoms with Gasteiger partial charge in [-0.1, -0.05) is 15.9 Å². The van der Waals surface area contributed by atoms with Gasteiger partial charge in [0.15, 0.2) is 0 Å². The molecule has 0 saturated carbocycles. The summed E-state index contributed by atoms with van der Waals surface area (Å²) < 4.78 is 3.13. The summed E-state index contributed by atoms with van der Waals surface area (Å²) in [6.45, 7) is 2.43. The second kappa shape index (κ2) is 6.37. The van der Waals surface area contributed by atoms with Crippen LogP contribution in [0, 0.1) is 0 Å². The van der Waals surface area contributed by atoms with Crippen LogP contribution in [0.25, 0.3) is 0 Å². The van der Waals surface area contributed by atoms with E-state index in [2.05, 4.69) is 37.2 Å². The van der Waals surface area contributed by atoms with Gasteiger partial charge >= 0.3 is 0 Å². The van der Waals surface area contributed by atoms with Crippen LogP contribution in [-0.2, 0) is 6.54 Å². The van der Waals surface area contributed by atoms with E-state index in [1.165, 1.54) is 10.6 Å². The van der Waals surface area contributed by atoms with Crippen LogP contribution >= 0.6 is 31.9 Å². The van der Waals surface area contributed by atoms with Crippen LogP contribution in [0.15, 0.2) is 50.3 Å². The highest BCUT2D eigenvalue weighted by Gasteiger charge is 2.11. The van der Waals surface area contributed by atoms with Gasteiger partial charge in [0.1, 0.15) is 0 Å². The van der Waals surface area contributed by atoms with Crippen molar-refractivity contribution in [3.63, 3.8) is 0 Å². The summed E-state index contributed by atoms with van der Waals surface area (Å²) in [4.78, 5) is 23.7. The van der Waals surface area contributed by atoms with Crippen LogP contribution in [0.5, 0.6) is 0 Å². The summed E-state index contributed by atoms with van der Waals surface area (Å²) in [5, 5.41) is 2.78. The minimum Gasteiger partial charge on any atom is -0.321 e. The van der Waals surface area contributed by atoms with E-state index in [9.17, 15) is 9.59 Å². The molecular weight excluding hydrogens is 388 g/mol. The third-order valence-electron chi connectivity index (χ3n) is 2.76. The van der Waals surface area contributed by atoms with Crippen molar-refractivity contribution >= 4 is 43.5 Å². The molecule has 0 aliphatic carbocycles. The van der Waals surface area contributed by atoms with Crippen molar-refractivity contribution in [3.05, 3.63) is 61.4 Å². The van der Waals surface area contributed by atoms with Crippen molar-refractivity contribution in [2.75, 3.05) is 5.32 Å². The molecule has 104 valence electrons. The molecule has 0 atom stereocenters. The number of rotatable bonds is 3. The number of amides is 1. The second-order valence-corrected chi connectivity index (χ2v) is 5.89. The Kier molecular flexibility index (Phi) is 4.77. The molecule has 1 amide bonds. The first-order chi connectivity index (χ1) is 9.51. The Morgan fingerprint density at radius 3 is 2.65 bits per heavy atom. The van der Waals surface area contributed by atoms with Gasteiger partial charge in [-0.3, -0.25) is 9.59 Å². The van der Waals surface area contributed by atoms with Crippen molar-refractivity contribution in [3.8, 4) is 0 Å². The first-order valence-corrected chi connectivity index (χ1v) is 7.56. The molecule has 0 bridgehead atoms. The molecule has 0 radical (unpaired) electrons. The Morgan fingerprint density at radius 2 is 2.00 bits per heavy atom. The summed E-state index contributed by atoms with van der Waals surface area (Å²) >= 11 is 6.69. The largest absolute Gasteiger partial charge is 0.321 e. The van der Waals surface area contributed by atoms with Gasteiger partial charge in [0.2, 0.25) is 0 Å². The number of pyridine rings is 1. The monoisotopic (exact) mass is 398 g/mol.